The topological polar surface area (TPSA) is 29.1 Å². The van der Waals surface area contributed by atoms with E-state index in [-0.39, 0.29) is 17.9 Å². The van der Waals surface area contributed by atoms with Crippen LogP contribution in [0.3, 0.4) is 0 Å². The third-order valence-electron chi connectivity index (χ3n) is 3.70. The van der Waals surface area contributed by atoms with Crippen molar-refractivity contribution >= 4 is 21.8 Å². The van der Waals surface area contributed by atoms with E-state index in [1.165, 1.54) is 19.3 Å². The number of halogens is 1. The number of carbonyl (C=O) groups is 1. The maximum Gasteiger partial charge on any atom is 0.223 e. The molecule has 1 N–H and O–H groups in total. The van der Waals surface area contributed by atoms with Crippen LogP contribution in [0, 0.1) is 5.92 Å². The highest BCUT2D eigenvalue weighted by Crippen LogP contribution is 2.25. The summed E-state index contributed by atoms with van der Waals surface area (Å²) in [6, 6.07) is 8.22. The van der Waals surface area contributed by atoms with E-state index in [9.17, 15) is 4.79 Å². The van der Waals surface area contributed by atoms with Gasteiger partial charge in [-0.1, -0.05) is 47.3 Å². The summed E-state index contributed by atoms with van der Waals surface area (Å²) >= 11 is 3.42. The number of amides is 1. The van der Waals surface area contributed by atoms with E-state index in [2.05, 4.69) is 33.4 Å². The number of hydrogen-bond acceptors (Lipinski definition) is 1. The van der Waals surface area contributed by atoms with Crippen molar-refractivity contribution in [2.45, 2.75) is 45.1 Å². The predicted octanol–water partition coefficient (Wildman–Crippen LogP) is 4.21. The molecular formula is C15H20BrNO. The van der Waals surface area contributed by atoms with Crippen LogP contribution in [0.5, 0.6) is 0 Å². The molecule has 98 valence electrons. The van der Waals surface area contributed by atoms with E-state index < -0.39 is 0 Å². The molecule has 1 atom stereocenters. The van der Waals surface area contributed by atoms with Crippen molar-refractivity contribution < 1.29 is 4.79 Å². The van der Waals surface area contributed by atoms with Crippen LogP contribution in [0.4, 0.5) is 0 Å². The number of hydrogen-bond donors (Lipinski definition) is 1. The molecule has 0 heterocycles. The number of nitrogens with one attached hydrogen (secondary N) is 1. The molecule has 18 heavy (non-hydrogen) atoms. The molecule has 0 unspecified atom stereocenters. The molecule has 0 aliphatic heterocycles. The summed E-state index contributed by atoms with van der Waals surface area (Å²) < 4.78 is 1.07. The lowest BCUT2D eigenvalue weighted by molar-refractivity contribution is -0.126. The van der Waals surface area contributed by atoms with E-state index in [1.807, 2.05) is 19.1 Å². The zero-order valence-corrected chi connectivity index (χ0v) is 12.4. The quantitative estimate of drug-likeness (QED) is 0.890. The van der Waals surface area contributed by atoms with Crippen LogP contribution < -0.4 is 5.32 Å². The van der Waals surface area contributed by atoms with Gasteiger partial charge in [0.05, 0.1) is 6.04 Å². The molecule has 1 aliphatic rings. The van der Waals surface area contributed by atoms with E-state index in [0.717, 1.165) is 22.9 Å². The Balaban J connectivity index is 1.91. The number of carbonyl (C=O) groups excluding carboxylic acids is 1. The van der Waals surface area contributed by atoms with Crippen molar-refractivity contribution in [2.24, 2.45) is 5.92 Å². The van der Waals surface area contributed by atoms with Gasteiger partial charge >= 0.3 is 0 Å². The summed E-state index contributed by atoms with van der Waals surface area (Å²) in [6.45, 7) is 2.05. The fourth-order valence-corrected chi connectivity index (χ4v) is 2.80. The van der Waals surface area contributed by atoms with Crippen molar-refractivity contribution in [3.8, 4) is 0 Å². The second kappa shape index (κ2) is 6.37. The molecule has 3 heteroatoms. The Labute approximate surface area is 117 Å². The second-order valence-corrected chi connectivity index (χ2v) is 6.03. The van der Waals surface area contributed by atoms with E-state index in [4.69, 9.17) is 0 Å². The first-order chi connectivity index (χ1) is 8.66. The van der Waals surface area contributed by atoms with Crippen molar-refractivity contribution in [2.75, 3.05) is 0 Å². The molecule has 1 saturated carbocycles. The Hall–Kier alpha value is -0.830. The third-order valence-corrected chi connectivity index (χ3v) is 4.23. The van der Waals surface area contributed by atoms with Gasteiger partial charge in [0.25, 0.3) is 0 Å². The van der Waals surface area contributed by atoms with Gasteiger partial charge in [-0.25, -0.2) is 0 Å². The summed E-state index contributed by atoms with van der Waals surface area (Å²) in [5, 5.41) is 3.13. The van der Waals surface area contributed by atoms with Crippen LogP contribution in [0.1, 0.15) is 50.6 Å². The minimum Gasteiger partial charge on any atom is -0.349 e. The highest BCUT2D eigenvalue weighted by Gasteiger charge is 2.22. The third kappa shape index (κ3) is 3.58. The highest BCUT2D eigenvalue weighted by atomic mass is 79.9. The van der Waals surface area contributed by atoms with Crippen LogP contribution in [0.2, 0.25) is 0 Å². The van der Waals surface area contributed by atoms with Gasteiger partial charge in [-0.05, 0) is 37.5 Å². The van der Waals surface area contributed by atoms with Gasteiger partial charge in [0.2, 0.25) is 5.91 Å². The zero-order chi connectivity index (χ0) is 13.0. The van der Waals surface area contributed by atoms with Gasteiger partial charge in [-0.15, -0.1) is 0 Å². The number of benzene rings is 1. The first kappa shape index (κ1) is 13.6. The molecule has 1 aromatic rings. The van der Waals surface area contributed by atoms with Crippen LogP contribution in [0.25, 0.3) is 0 Å². The van der Waals surface area contributed by atoms with Crippen molar-refractivity contribution in [3.63, 3.8) is 0 Å². The minimum atomic E-state index is 0.0903. The Morgan fingerprint density at radius 1 is 1.22 bits per heavy atom. The average molecular weight is 310 g/mol. The Kier molecular flexibility index (Phi) is 4.81. The first-order valence-corrected chi connectivity index (χ1v) is 7.52. The molecule has 0 aromatic heterocycles. The summed E-state index contributed by atoms with van der Waals surface area (Å²) in [5.41, 5.74) is 1.15. The molecule has 1 amide bonds. The van der Waals surface area contributed by atoms with Crippen LogP contribution >= 0.6 is 15.9 Å². The lowest BCUT2D eigenvalue weighted by Gasteiger charge is -2.23. The van der Waals surface area contributed by atoms with E-state index in [0.29, 0.717) is 0 Å². The van der Waals surface area contributed by atoms with Gasteiger partial charge in [0.1, 0.15) is 0 Å². The van der Waals surface area contributed by atoms with Crippen LogP contribution in [-0.4, -0.2) is 5.91 Å². The van der Waals surface area contributed by atoms with Crippen LogP contribution in [0.15, 0.2) is 28.7 Å². The van der Waals surface area contributed by atoms with Gasteiger partial charge in [-0.2, -0.15) is 0 Å². The normalized spacial score (nSPS) is 18.3. The molecule has 1 aromatic carbocycles. The zero-order valence-electron chi connectivity index (χ0n) is 10.8. The van der Waals surface area contributed by atoms with Gasteiger partial charge in [0, 0.05) is 10.4 Å². The summed E-state index contributed by atoms with van der Waals surface area (Å²) in [7, 11) is 0. The average Bonchev–Trinajstić information content (AvgIpc) is 2.40. The predicted molar refractivity (Wildman–Crippen MR) is 77.3 cm³/mol. The van der Waals surface area contributed by atoms with Crippen molar-refractivity contribution in [1.29, 1.82) is 0 Å². The number of rotatable bonds is 3. The molecule has 0 spiro atoms. The smallest absolute Gasteiger partial charge is 0.223 e. The molecule has 0 radical (unpaired) electrons. The van der Waals surface area contributed by atoms with E-state index in [1.54, 1.807) is 0 Å². The maximum atomic E-state index is 12.1. The molecule has 2 rings (SSSR count). The molecule has 0 bridgehead atoms. The Morgan fingerprint density at radius 2 is 1.83 bits per heavy atom. The monoisotopic (exact) mass is 309 g/mol. The molecule has 0 saturated heterocycles. The minimum absolute atomic E-state index is 0.0903. The summed E-state index contributed by atoms with van der Waals surface area (Å²) in [5.74, 6) is 0.460. The molecule has 1 aliphatic carbocycles. The summed E-state index contributed by atoms with van der Waals surface area (Å²) in [6.07, 6.45) is 5.79. The largest absolute Gasteiger partial charge is 0.349 e. The second-order valence-electron chi connectivity index (χ2n) is 5.12. The fourth-order valence-electron chi connectivity index (χ4n) is 2.53. The summed E-state index contributed by atoms with van der Waals surface area (Å²) in [4.78, 5) is 12.1. The maximum absolute atomic E-state index is 12.1. The van der Waals surface area contributed by atoms with Crippen molar-refractivity contribution in [3.05, 3.63) is 34.3 Å². The van der Waals surface area contributed by atoms with Gasteiger partial charge < -0.3 is 5.32 Å². The molecule has 2 nitrogen and oxygen atoms in total. The Morgan fingerprint density at radius 3 is 2.44 bits per heavy atom. The first-order valence-electron chi connectivity index (χ1n) is 6.72. The standard InChI is InChI=1S/C15H20BrNO/c1-11(12-7-9-14(16)10-8-12)17-15(18)13-5-3-2-4-6-13/h7-11,13H,2-6H2,1H3,(H,17,18)/t11-/m1/s1. The lowest BCUT2D eigenvalue weighted by Crippen LogP contribution is -2.33. The van der Waals surface area contributed by atoms with Crippen molar-refractivity contribution in [1.82, 2.24) is 5.32 Å². The van der Waals surface area contributed by atoms with Gasteiger partial charge in [0.15, 0.2) is 0 Å². The van der Waals surface area contributed by atoms with Crippen LogP contribution in [-0.2, 0) is 4.79 Å². The molecular weight excluding hydrogens is 290 g/mol. The fraction of sp³-hybridized carbons (Fsp3) is 0.533. The molecule has 1 fully saturated rings. The SMILES string of the molecule is C[C@@H](NC(=O)C1CCCCC1)c1ccc(Br)cc1. The highest BCUT2D eigenvalue weighted by molar-refractivity contribution is 9.10. The van der Waals surface area contributed by atoms with Gasteiger partial charge in [-0.3, -0.25) is 4.79 Å². The van der Waals surface area contributed by atoms with E-state index >= 15 is 0 Å². The lowest BCUT2D eigenvalue weighted by atomic mass is 9.88. The Bertz CT molecular complexity index is 395.